The number of hydrogen-bond donors (Lipinski definition) is 0. The molecule has 0 radical (unpaired) electrons. The van der Waals surface area contributed by atoms with Gasteiger partial charge in [0.25, 0.3) is 0 Å². The zero-order valence-electron chi connectivity index (χ0n) is 18.4. The van der Waals surface area contributed by atoms with Gasteiger partial charge in [-0.1, -0.05) is 78.5 Å². The zero-order valence-corrected chi connectivity index (χ0v) is 20.0. The second kappa shape index (κ2) is 10.0. The summed E-state index contributed by atoms with van der Waals surface area (Å²) >= 11 is 2.82. The van der Waals surface area contributed by atoms with Gasteiger partial charge in [0.2, 0.25) is 5.91 Å². The van der Waals surface area contributed by atoms with Gasteiger partial charge in [0, 0.05) is 16.6 Å². The molecule has 0 aliphatic rings. The van der Waals surface area contributed by atoms with Crippen molar-refractivity contribution >= 4 is 39.8 Å². The van der Waals surface area contributed by atoms with Crippen LogP contribution in [0.15, 0.2) is 102 Å². The number of para-hydroxylation sites is 2. The first-order chi connectivity index (χ1) is 16.7. The van der Waals surface area contributed by atoms with Crippen molar-refractivity contribution in [1.29, 1.82) is 0 Å². The topological polar surface area (TPSA) is 63.9 Å². The molecule has 1 amide bonds. The van der Waals surface area contributed by atoms with Gasteiger partial charge in [-0.2, -0.15) is 0 Å². The molecule has 3 aromatic carbocycles. The van der Waals surface area contributed by atoms with E-state index in [4.69, 9.17) is 0 Å². The number of nitrogens with zero attached hydrogens (tertiary/aromatic N) is 5. The third-order valence-corrected chi connectivity index (χ3v) is 6.92. The number of benzene rings is 3. The van der Waals surface area contributed by atoms with E-state index in [-0.39, 0.29) is 11.7 Å². The summed E-state index contributed by atoms with van der Waals surface area (Å²) < 4.78 is 1.99. The second-order valence-electron chi connectivity index (χ2n) is 7.47. The van der Waals surface area contributed by atoms with Crippen LogP contribution in [0.5, 0.6) is 0 Å². The van der Waals surface area contributed by atoms with E-state index in [1.807, 2.05) is 108 Å². The summed E-state index contributed by atoms with van der Waals surface area (Å²) in [4.78, 5) is 19.7. The molecule has 5 rings (SSSR count). The lowest BCUT2D eigenvalue weighted by Crippen LogP contribution is -2.27. The number of rotatable bonds is 7. The number of aryl methyl sites for hydroxylation is 1. The normalized spacial score (nSPS) is 10.9. The molecule has 0 saturated carbocycles. The number of amides is 1. The molecule has 0 spiro atoms. The highest BCUT2D eigenvalue weighted by molar-refractivity contribution is 7.99. The van der Waals surface area contributed by atoms with Gasteiger partial charge >= 0.3 is 0 Å². The van der Waals surface area contributed by atoms with Crippen molar-refractivity contribution in [3.63, 3.8) is 0 Å². The summed E-state index contributed by atoms with van der Waals surface area (Å²) in [5.41, 5.74) is 3.58. The van der Waals surface area contributed by atoms with Crippen LogP contribution in [-0.4, -0.2) is 31.4 Å². The van der Waals surface area contributed by atoms with Gasteiger partial charge in [0.15, 0.2) is 16.1 Å². The Morgan fingerprint density at radius 1 is 0.912 bits per heavy atom. The average Bonchev–Trinajstić information content (AvgIpc) is 3.51. The molecular weight excluding hydrogens is 462 g/mol. The van der Waals surface area contributed by atoms with Crippen LogP contribution in [0.1, 0.15) is 5.69 Å². The first-order valence-corrected chi connectivity index (χ1v) is 12.6. The van der Waals surface area contributed by atoms with Crippen molar-refractivity contribution in [3.05, 3.63) is 102 Å². The Morgan fingerprint density at radius 2 is 1.56 bits per heavy atom. The number of aromatic nitrogens is 4. The number of anilines is 2. The number of thiazole rings is 1. The highest BCUT2D eigenvalue weighted by atomic mass is 32.2. The fourth-order valence-electron chi connectivity index (χ4n) is 3.52. The maximum Gasteiger partial charge on any atom is 0.243 e. The van der Waals surface area contributed by atoms with E-state index in [1.54, 1.807) is 4.90 Å². The number of carbonyl (C=O) groups excluding carboxylic acids is 1. The lowest BCUT2D eigenvalue weighted by molar-refractivity contribution is -0.115. The lowest BCUT2D eigenvalue weighted by Gasteiger charge is -2.20. The van der Waals surface area contributed by atoms with Crippen molar-refractivity contribution in [3.8, 4) is 17.1 Å². The molecule has 0 aliphatic carbocycles. The van der Waals surface area contributed by atoms with Crippen LogP contribution >= 0.6 is 23.1 Å². The van der Waals surface area contributed by atoms with E-state index >= 15 is 0 Å². The summed E-state index contributed by atoms with van der Waals surface area (Å²) in [6, 6.07) is 29.5. The van der Waals surface area contributed by atoms with Gasteiger partial charge in [-0.25, -0.2) is 4.98 Å². The molecule has 2 aromatic heterocycles. The molecule has 34 heavy (non-hydrogen) atoms. The Morgan fingerprint density at radius 3 is 2.21 bits per heavy atom. The summed E-state index contributed by atoms with van der Waals surface area (Å²) in [5.74, 6) is 0.847. The fourth-order valence-corrected chi connectivity index (χ4v) is 5.16. The Kier molecular flexibility index (Phi) is 6.51. The molecule has 8 heteroatoms. The first-order valence-electron chi connectivity index (χ1n) is 10.7. The van der Waals surface area contributed by atoms with Crippen LogP contribution in [0.2, 0.25) is 0 Å². The average molecular weight is 484 g/mol. The molecule has 5 aromatic rings. The van der Waals surface area contributed by atoms with E-state index in [1.165, 1.54) is 23.1 Å². The number of hydrogen-bond acceptors (Lipinski definition) is 6. The largest absolute Gasteiger partial charge is 0.273 e. The van der Waals surface area contributed by atoms with Crippen LogP contribution in [-0.2, 0) is 4.79 Å². The van der Waals surface area contributed by atoms with Gasteiger partial charge < -0.3 is 0 Å². The minimum Gasteiger partial charge on any atom is -0.273 e. The monoisotopic (exact) mass is 483 g/mol. The quantitative estimate of drug-likeness (QED) is 0.260. The van der Waals surface area contributed by atoms with Crippen molar-refractivity contribution in [2.45, 2.75) is 12.1 Å². The molecule has 168 valence electrons. The maximum absolute atomic E-state index is 13.5. The summed E-state index contributed by atoms with van der Waals surface area (Å²) in [7, 11) is 0. The second-order valence-corrected chi connectivity index (χ2v) is 9.25. The standard InChI is InChI=1S/C26H21N5OS2/c1-19-17-33-25(27-19)30(21-13-7-3-8-14-21)23(32)18-34-26-29-28-24(20-11-5-2-6-12-20)31(26)22-15-9-4-10-16-22/h2-17H,18H2,1H3. The first kappa shape index (κ1) is 22.1. The Balaban J connectivity index is 1.46. The summed E-state index contributed by atoms with van der Waals surface area (Å²) in [6.45, 7) is 1.93. The molecule has 0 fully saturated rings. The van der Waals surface area contributed by atoms with E-state index in [9.17, 15) is 4.79 Å². The maximum atomic E-state index is 13.5. The lowest BCUT2D eigenvalue weighted by atomic mass is 10.2. The van der Waals surface area contributed by atoms with Crippen molar-refractivity contribution in [2.24, 2.45) is 0 Å². The van der Waals surface area contributed by atoms with E-state index < -0.39 is 0 Å². The van der Waals surface area contributed by atoms with E-state index in [2.05, 4.69) is 15.2 Å². The van der Waals surface area contributed by atoms with Crippen LogP contribution in [0.3, 0.4) is 0 Å². The Bertz CT molecular complexity index is 1380. The molecule has 0 aliphatic heterocycles. The highest BCUT2D eigenvalue weighted by Crippen LogP contribution is 2.32. The fraction of sp³-hybridized carbons (Fsp3) is 0.0769. The highest BCUT2D eigenvalue weighted by Gasteiger charge is 2.23. The van der Waals surface area contributed by atoms with Gasteiger partial charge in [-0.05, 0) is 31.2 Å². The van der Waals surface area contributed by atoms with Crippen molar-refractivity contribution < 1.29 is 4.79 Å². The Hall–Kier alpha value is -3.75. The molecule has 6 nitrogen and oxygen atoms in total. The van der Waals surface area contributed by atoms with E-state index in [0.29, 0.717) is 10.3 Å². The van der Waals surface area contributed by atoms with Crippen LogP contribution < -0.4 is 4.90 Å². The minimum atomic E-state index is -0.0746. The van der Waals surface area contributed by atoms with Crippen LogP contribution in [0.25, 0.3) is 17.1 Å². The molecule has 0 bridgehead atoms. The molecule has 2 heterocycles. The number of carbonyl (C=O) groups is 1. The molecule has 0 saturated heterocycles. The smallest absolute Gasteiger partial charge is 0.243 e. The third-order valence-electron chi connectivity index (χ3n) is 5.07. The van der Waals surface area contributed by atoms with Gasteiger partial charge in [-0.15, -0.1) is 21.5 Å². The van der Waals surface area contributed by atoms with Gasteiger partial charge in [-0.3, -0.25) is 14.3 Å². The summed E-state index contributed by atoms with van der Waals surface area (Å²) in [5, 5.41) is 12.2. The number of thioether (sulfide) groups is 1. The van der Waals surface area contributed by atoms with Gasteiger partial charge in [0.1, 0.15) is 0 Å². The van der Waals surface area contributed by atoms with E-state index in [0.717, 1.165) is 28.5 Å². The van der Waals surface area contributed by atoms with Crippen molar-refractivity contribution in [1.82, 2.24) is 19.7 Å². The predicted molar refractivity (Wildman–Crippen MR) is 138 cm³/mol. The van der Waals surface area contributed by atoms with Crippen molar-refractivity contribution in [2.75, 3.05) is 10.7 Å². The molecule has 0 N–H and O–H groups in total. The molecule has 0 unspecified atom stereocenters. The molecular formula is C26H21N5OS2. The zero-order chi connectivity index (χ0) is 23.3. The Labute approximate surface area is 205 Å². The third kappa shape index (κ3) is 4.64. The van der Waals surface area contributed by atoms with Crippen LogP contribution in [0, 0.1) is 6.92 Å². The predicted octanol–water partition coefficient (Wildman–Crippen LogP) is 6.16. The minimum absolute atomic E-state index is 0.0746. The summed E-state index contributed by atoms with van der Waals surface area (Å²) in [6.07, 6.45) is 0. The SMILES string of the molecule is Cc1csc(N(C(=O)CSc2nnc(-c3ccccc3)n2-c2ccccc2)c2ccccc2)n1. The van der Waals surface area contributed by atoms with Gasteiger partial charge in [0.05, 0.1) is 17.1 Å². The van der Waals surface area contributed by atoms with Crippen LogP contribution in [0.4, 0.5) is 10.8 Å². The molecule has 0 atom stereocenters.